The summed E-state index contributed by atoms with van der Waals surface area (Å²) in [6.45, 7) is 15.5. The van der Waals surface area contributed by atoms with Crippen LogP contribution in [0.25, 0.3) is 0 Å². The molecule has 0 saturated carbocycles. The third-order valence-electron chi connectivity index (χ3n) is 4.14. The van der Waals surface area contributed by atoms with Crippen molar-refractivity contribution >= 4 is 0 Å². The molecule has 2 atom stereocenters. The number of hydrogen-bond donors (Lipinski definition) is 1. The maximum absolute atomic E-state index is 4.37. The van der Waals surface area contributed by atoms with Crippen LogP contribution in [-0.2, 0) is 13.1 Å². The minimum absolute atomic E-state index is 0.311. The van der Waals surface area contributed by atoms with Gasteiger partial charge in [0, 0.05) is 50.0 Å². The van der Waals surface area contributed by atoms with Crippen molar-refractivity contribution in [2.24, 2.45) is 5.41 Å². The predicted octanol–water partition coefficient (Wildman–Crippen LogP) is 2.11. The first kappa shape index (κ1) is 14.5. The van der Waals surface area contributed by atoms with E-state index in [4.69, 9.17) is 0 Å². The first-order chi connectivity index (χ1) is 8.90. The Morgan fingerprint density at radius 2 is 2.16 bits per heavy atom. The molecule has 1 aromatic heterocycles. The highest BCUT2D eigenvalue weighted by Crippen LogP contribution is 2.24. The zero-order valence-corrected chi connectivity index (χ0v) is 13.0. The first-order valence-corrected chi connectivity index (χ1v) is 7.39. The van der Waals surface area contributed by atoms with Crippen LogP contribution >= 0.6 is 0 Å². The third-order valence-corrected chi connectivity index (χ3v) is 4.14. The summed E-state index contributed by atoms with van der Waals surface area (Å²) < 4.78 is 2.00. The van der Waals surface area contributed by atoms with Crippen LogP contribution in [0.5, 0.6) is 0 Å². The highest BCUT2D eigenvalue weighted by atomic mass is 15.3. The Labute approximate surface area is 117 Å². The Morgan fingerprint density at radius 1 is 1.42 bits per heavy atom. The first-order valence-electron chi connectivity index (χ1n) is 7.39. The fraction of sp³-hybridized carbons (Fsp3) is 0.800. The van der Waals surface area contributed by atoms with E-state index in [-0.39, 0.29) is 0 Å². The van der Waals surface area contributed by atoms with Gasteiger partial charge in [0.1, 0.15) is 0 Å². The number of aryl methyl sites for hydroxylation is 1. The molecular weight excluding hydrogens is 236 g/mol. The van der Waals surface area contributed by atoms with Crippen LogP contribution in [0.4, 0.5) is 0 Å². The maximum Gasteiger partial charge on any atom is 0.0534 e. The van der Waals surface area contributed by atoms with Crippen molar-refractivity contribution in [2.75, 3.05) is 13.1 Å². The number of rotatable bonds is 3. The molecule has 4 nitrogen and oxygen atoms in total. The van der Waals surface area contributed by atoms with Crippen LogP contribution in [0.3, 0.4) is 0 Å². The topological polar surface area (TPSA) is 33.1 Å². The number of aromatic nitrogens is 2. The van der Waals surface area contributed by atoms with Gasteiger partial charge in [-0.25, -0.2) is 0 Å². The maximum atomic E-state index is 4.37. The predicted molar refractivity (Wildman–Crippen MR) is 79.0 cm³/mol. The number of nitrogens with zero attached hydrogens (tertiary/aromatic N) is 3. The van der Waals surface area contributed by atoms with E-state index < -0.39 is 0 Å². The van der Waals surface area contributed by atoms with E-state index in [9.17, 15) is 0 Å². The van der Waals surface area contributed by atoms with Gasteiger partial charge in [-0.3, -0.25) is 9.58 Å². The number of hydrogen-bond acceptors (Lipinski definition) is 3. The second kappa shape index (κ2) is 5.63. The monoisotopic (exact) mass is 264 g/mol. The van der Waals surface area contributed by atoms with E-state index in [0.717, 1.165) is 26.2 Å². The molecule has 0 bridgehead atoms. The second-order valence-corrected chi connectivity index (χ2v) is 6.81. The molecule has 1 aromatic rings. The average Bonchev–Trinajstić information content (AvgIpc) is 2.78. The van der Waals surface area contributed by atoms with Gasteiger partial charge in [0.15, 0.2) is 0 Å². The summed E-state index contributed by atoms with van der Waals surface area (Å²) in [4.78, 5) is 2.57. The van der Waals surface area contributed by atoms with Crippen LogP contribution in [0.1, 0.15) is 40.2 Å². The lowest BCUT2D eigenvalue weighted by molar-refractivity contribution is 0.0877. The zero-order valence-electron chi connectivity index (χ0n) is 13.0. The van der Waals surface area contributed by atoms with Gasteiger partial charge in [0.25, 0.3) is 0 Å². The summed E-state index contributed by atoms with van der Waals surface area (Å²) in [5.41, 5.74) is 1.63. The molecule has 1 aliphatic rings. The van der Waals surface area contributed by atoms with Gasteiger partial charge < -0.3 is 5.32 Å². The van der Waals surface area contributed by atoms with Gasteiger partial charge in [-0.2, -0.15) is 5.10 Å². The van der Waals surface area contributed by atoms with E-state index >= 15 is 0 Å². The average molecular weight is 264 g/mol. The SMILES string of the molecule is CCn1cc(CN2CC(C(C)(C)C)NCC2C)cn1. The quantitative estimate of drug-likeness (QED) is 0.908. The minimum Gasteiger partial charge on any atom is -0.311 e. The molecule has 1 N–H and O–H groups in total. The minimum atomic E-state index is 0.311. The smallest absolute Gasteiger partial charge is 0.0534 e. The lowest BCUT2D eigenvalue weighted by atomic mass is 9.84. The largest absolute Gasteiger partial charge is 0.311 e. The second-order valence-electron chi connectivity index (χ2n) is 6.81. The van der Waals surface area contributed by atoms with Crippen molar-refractivity contribution in [3.05, 3.63) is 18.0 Å². The van der Waals surface area contributed by atoms with Gasteiger partial charge in [0.05, 0.1) is 6.20 Å². The molecule has 1 fully saturated rings. The summed E-state index contributed by atoms with van der Waals surface area (Å²) in [6, 6.07) is 1.15. The van der Waals surface area contributed by atoms with E-state index in [0.29, 0.717) is 17.5 Å². The normalized spacial score (nSPS) is 25.7. The van der Waals surface area contributed by atoms with Crippen molar-refractivity contribution in [3.8, 4) is 0 Å². The molecule has 2 heterocycles. The van der Waals surface area contributed by atoms with Crippen LogP contribution in [0.15, 0.2) is 12.4 Å². The molecule has 19 heavy (non-hydrogen) atoms. The van der Waals surface area contributed by atoms with E-state index in [2.05, 4.69) is 56.1 Å². The van der Waals surface area contributed by atoms with Crippen LogP contribution in [-0.4, -0.2) is 39.9 Å². The Kier molecular flexibility index (Phi) is 4.31. The van der Waals surface area contributed by atoms with Crippen LogP contribution < -0.4 is 5.32 Å². The molecule has 0 aromatic carbocycles. The molecule has 2 unspecified atom stereocenters. The summed E-state index contributed by atoms with van der Waals surface area (Å²) in [6.07, 6.45) is 4.17. The standard InChI is InChI=1S/C15H28N4/c1-6-19-10-13(8-17-19)9-18-11-14(15(3,4)5)16-7-12(18)2/h8,10,12,14,16H,6-7,9,11H2,1-5H3. The van der Waals surface area contributed by atoms with Crippen molar-refractivity contribution in [3.63, 3.8) is 0 Å². The van der Waals surface area contributed by atoms with Crippen LogP contribution in [0.2, 0.25) is 0 Å². The molecule has 0 radical (unpaired) electrons. The van der Waals surface area contributed by atoms with Gasteiger partial charge in [-0.15, -0.1) is 0 Å². The number of piperazine rings is 1. The van der Waals surface area contributed by atoms with Crippen molar-refractivity contribution < 1.29 is 0 Å². The molecular formula is C15H28N4. The summed E-state index contributed by atoms with van der Waals surface area (Å²) >= 11 is 0. The highest BCUT2D eigenvalue weighted by Gasteiger charge is 2.32. The van der Waals surface area contributed by atoms with Gasteiger partial charge in [-0.1, -0.05) is 20.8 Å². The van der Waals surface area contributed by atoms with Crippen molar-refractivity contribution in [2.45, 2.75) is 59.8 Å². The molecule has 4 heteroatoms. The van der Waals surface area contributed by atoms with Gasteiger partial charge >= 0.3 is 0 Å². The summed E-state index contributed by atoms with van der Waals surface area (Å²) in [5.74, 6) is 0. The molecule has 0 spiro atoms. The fourth-order valence-corrected chi connectivity index (χ4v) is 2.62. The highest BCUT2D eigenvalue weighted by molar-refractivity contribution is 5.05. The molecule has 108 valence electrons. The van der Waals surface area contributed by atoms with Gasteiger partial charge in [-0.05, 0) is 19.3 Å². The van der Waals surface area contributed by atoms with Gasteiger partial charge in [0.2, 0.25) is 0 Å². The fourth-order valence-electron chi connectivity index (χ4n) is 2.62. The Bertz CT molecular complexity index is 405. The molecule has 1 saturated heterocycles. The molecule has 0 aliphatic carbocycles. The summed E-state index contributed by atoms with van der Waals surface area (Å²) in [7, 11) is 0. The van der Waals surface area contributed by atoms with Crippen molar-refractivity contribution in [1.29, 1.82) is 0 Å². The molecule has 2 rings (SSSR count). The lowest BCUT2D eigenvalue weighted by Crippen LogP contribution is -2.59. The van der Waals surface area contributed by atoms with Crippen LogP contribution in [0, 0.1) is 5.41 Å². The van der Waals surface area contributed by atoms with E-state index in [1.165, 1.54) is 5.56 Å². The van der Waals surface area contributed by atoms with Crippen molar-refractivity contribution in [1.82, 2.24) is 20.0 Å². The van der Waals surface area contributed by atoms with E-state index in [1.54, 1.807) is 0 Å². The Balaban J connectivity index is 2.01. The Hall–Kier alpha value is -0.870. The Morgan fingerprint density at radius 3 is 2.74 bits per heavy atom. The lowest BCUT2D eigenvalue weighted by Gasteiger charge is -2.43. The number of nitrogens with one attached hydrogen (secondary N) is 1. The molecule has 1 aliphatic heterocycles. The summed E-state index contributed by atoms with van der Waals surface area (Å²) in [5, 5.41) is 8.05. The zero-order chi connectivity index (χ0) is 14.0. The van der Waals surface area contributed by atoms with E-state index in [1.807, 2.05) is 10.9 Å². The third kappa shape index (κ3) is 3.57. The molecule has 0 amide bonds.